The maximum atomic E-state index is 13.6. The Labute approximate surface area is 124 Å². The summed E-state index contributed by atoms with van der Waals surface area (Å²) >= 11 is 0. The third-order valence-electron chi connectivity index (χ3n) is 3.33. The number of carbonyl (C=O) groups is 1. The van der Waals surface area contributed by atoms with Crippen LogP contribution in [0.4, 0.5) is 14.5 Å². The van der Waals surface area contributed by atoms with E-state index in [1.807, 2.05) is 12.3 Å². The van der Waals surface area contributed by atoms with Crippen LogP contribution in [-0.2, 0) is 0 Å². The zero-order valence-corrected chi connectivity index (χ0v) is 12.5. The van der Waals surface area contributed by atoms with Gasteiger partial charge in [-0.1, -0.05) is 33.1 Å². The third kappa shape index (κ3) is 4.97. The van der Waals surface area contributed by atoms with Gasteiger partial charge in [0.2, 0.25) is 0 Å². The fourth-order valence-corrected chi connectivity index (χ4v) is 2.20. The molecule has 0 radical (unpaired) electrons. The normalized spacial score (nSPS) is 12.0. The molecule has 0 bridgehead atoms. The van der Waals surface area contributed by atoms with Crippen molar-refractivity contribution in [2.24, 2.45) is 5.84 Å². The summed E-state index contributed by atoms with van der Waals surface area (Å²) in [5.74, 6) is 2.78. The summed E-state index contributed by atoms with van der Waals surface area (Å²) in [4.78, 5) is 12.1. The van der Waals surface area contributed by atoms with Crippen molar-refractivity contribution < 1.29 is 13.6 Å². The quantitative estimate of drug-likeness (QED) is 0.509. The lowest BCUT2D eigenvalue weighted by atomic mass is 10.0. The molecule has 118 valence electrons. The Bertz CT molecular complexity index is 457. The van der Waals surface area contributed by atoms with Crippen molar-refractivity contribution in [2.45, 2.75) is 52.0 Å². The number of benzene rings is 1. The molecule has 1 unspecified atom stereocenters. The van der Waals surface area contributed by atoms with Crippen molar-refractivity contribution in [3.63, 3.8) is 0 Å². The van der Waals surface area contributed by atoms with Crippen molar-refractivity contribution in [3.05, 3.63) is 29.3 Å². The van der Waals surface area contributed by atoms with E-state index in [9.17, 15) is 13.6 Å². The molecule has 1 atom stereocenters. The highest BCUT2D eigenvalue weighted by molar-refractivity contribution is 5.94. The summed E-state index contributed by atoms with van der Waals surface area (Å²) < 4.78 is 27.2. The summed E-state index contributed by atoms with van der Waals surface area (Å²) in [5, 5.41) is 2.84. The number of hydrazine groups is 1. The Hall–Kier alpha value is -1.69. The zero-order valence-electron chi connectivity index (χ0n) is 12.5. The minimum Gasteiger partial charge on any atom is -0.349 e. The van der Waals surface area contributed by atoms with Crippen molar-refractivity contribution in [1.82, 2.24) is 5.32 Å². The molecule has 0 aliphatic rings. The molecule has 0 spiro atoms. The molecular formula is C15H23F2N3O. The first-order valence-electron chi connectivity index (χ1n) is 7.29. The molecule has 4 N–H and O–H groups in total. The molecule has 6 heteroatoms. The van der Waals surface area contributed by atoms with Crippen LogP contribution < -0.4 is 16.6 Å². The molecule has 0 saturated heterocycles. The maximum absolute atomic E-state index is 13.6. The number of unbranched alkanes of at least 4 members (excludes halogenated alkanes) is 1. The van der Waals surface area contributed by atoms with Gasteiger partial charge < -0.3 is 10.7 Å². The van der Waals surface area contributed by atoms with Gasteiger partial charge in [-0.05, 0) is 25.0 Å². The Balaban J connectivity index is 2.82. The van der Waals surface area contributed by atoms with Crippen molar-refractivity contribution in [3.8, 4) is 0 Å². The van der Waals surface area contributed by atoms with Crippen LogP contribution in [-0.4, -0.2) is 11.9 Å². The second-order valence-corrected chi connectivity index (χ2v) is 5.06. The molecule has 0 aliphatic heterocycles. The SMILES string of the molecule is CCCCC(CCC)NC(=O)c1cc(F)c(NN)c(F)c1. The maximum Gasteiger partial charge on any atom is 0.251 e. The van der Waals surface area contributed by atoms with E-state index in [0.29, 0.717) is 0 Å². The van der Waals surface area contributed by atoms with Crippen LogP contribution >= 0.6 is 0 Å². The molecular weight excluding hydrogens is 276 g/mol. The number of nitrogens with two attached hydrogens (primary N) is 1. The largest absolute Gasteiger partial charge is 0.349 e. The summed E-state index contributed by atoms with van der Waals surface area (Å²) in [6.45, 7) is 4.11. The van der Waals surface area contributed by atoms with Gasteiger partial charge in [0.1, 0.15) is 5.69 Å². The van der Waals surface area contributed by atoms with E-state index in [0.717, 1.165) is 44.2 Å². The van der Waals surface area contributed by atoms with Gasteiger partial charge in [-0.15, -0.1) is 0 Å². The molecule has 21 heavy (non-hydrogen) atoms. The van der Waals surface area contributed by atoms with Crippen LogP contribution in [0.2, 0.25) is 0 Å². The number of amides is 1. The van der Waals surface area contributed by atoms with E-state index in [-0.39, 0.29) is 11.6 Å². The molecule has 1 amide bonds. The summed E-state index contributed by atoms with van der Waals surface area (Å²) in [6, 6.07) is 1.99. The molecule has 0 fully saturated rings. The number of nitrogen functional groups attached to an aromatic ring is 1. The number of nitrogens with one attached hydrogen (secondary N) is 2. The fourth-order valence-electron chi connectivity index (χ4n) is 2.20. The van der Waals surface area contributed by atoms with Crippen molar-refractivity contribution in [1.29, 1.82) is 0 Å². The Morgan fingerprint density at radius 2 is 1.81 bits per heavy atom. The van der Waals surface area contributed by atoms with E-state index in [1.54, 1.807) is 0 Å². The van der Waals surface area contributed by atoms with E-state index in [4.69, 9.17) is 5.84 Å². The number of hydrogen-bond donors (Lipinski definition) is 3. The van der Waals surface area contributed by atoms with Crippen molar-refractivity contribution >= 4 is 11.6 Å². The summed E-state index contributed by atoms with van der Waals surface area (Å²) in [6.07, 6.45) is 4.69. The average molecular weight is 299 g/mol. The van der Waals surface area contributed by atoms with Crippen LogP contribution in [0.25, 0.3) is 0 Å². The minimum absolute atomic E-state index is 0.0286. The monoisotopic (exact) mass is 299 g/mol. The second kappa shape index (κ2) is 8.56. The van der Waals surface area contributed by atoms with Crippen LogP contribution in [0, 0.1) is 11.6 Å². The predicted octanol–water partition coefficient (Wildman–Crippen LogP) is 3.34. The third-order valence-corrected chi connectivity index (χ3v) is 3.33. The van der Waals surface area contributed by atoms with E-state index >= 15 is 0 Å². The lowest BCUT2D eigenvalue weighted by Gasteiger charge is -2.18. The van der Waals surface area contributed by atoms with Gasteiger partial charge in [0, 0.05) is 11.6 Å². The molecule has 1 rings (SSSR count). The van der Waals surface area contributed by atoms with E-state index < -0.39 is 23.2 Å². The number of anilines is 1. The molecule has 0 saturated carbocycles. The molecule has 1 aromatic carbocycles. The molecule has 0 aliphatic carbocycles. The summed E-state index contributed by atoms with van der Waals surface area (Å²) in [7, 11) is 0. The van der Waals surface area contributed by atoms with Crippen LogP contribution in [0.3, 0.4) is 0 Å². The molecule has 4 nitrogen and oxygen atoms in total. The number of halogens is 2. The first-order chi connectivity index (χ1) is 10.0. The first kappa shape index (κ1) is 17.4. The standard InChI is InChI=1S/C15H23F2N3O/c1-3-5-7-11(6-4-2)19-15(21)10-8-12(16)14(20-18)13(17)9-10/h8-9,11,20H,3-7,18H2,1-2H3,(H,19,21). The van der Waals surface area contributed by atoms with Gasteiger partial charge in [-0.2, -0.15) is 0 Å². The number of rotatable bonds is 8. The Morgan fingerprint density at radius 1 is 1.19 bits per heavy atom. The minimum atomic E-state index is -0.886. The van der Waals surface area contributed by atoms with Crippen molar-refractivity contribution in [2.75, 3.05) is 5.43 Å². The lowest BCUT2D eigenvalue weighted by Crippen LogP contribution is -2.35. The van der Waals surface area contributed by atoms with Crippen LogP contribution in [0.15, 0.2) is 12.1 Å². The topological polar surface area (TPSA) is 67.2 Å². The van der Waals surface area contributed by atoms with E-state index in [1.165, 1.54) is 0 Å². The Morgan fingerprint density at radius 3 is 2.29 bits per heavy atom. The van der Waals surface area contributed by atoms with Gasteiger partial charge in [0.25, 0.3) is 5.91 Å². The smallest absolute Gasteiger partial charge is 0.251 e. The Kier molecular flexibility index (Phi) is 7.08. The van der Waals surface area contributed by atoms with Gasteiger partial charge in [-0.3, -0.25) is 10.6 Å². The molecule has 1 aromatic rings. The summed E-state index contributed by atoms with van der Waals surface area (Å²) in [5.41, 5.74) is 1.45. The highest BCUT2D eigenvalue weighted by Crippen LogP contribution is 2.20. The van der Waals surface area contributed by atoms with Gasteiger partial charge in [0.05, 0.1) is 0 Å². The van der Waals surface area contributed by atoms with Gasteiger partial charge in [-0.25, -0.2) is 8.78 Å². The highest BCUT2D eigenvalue weighted by atomic mass is 19.1. The van der Waals surface area contributed by atoms with Gasteiger partial charge >= 0.3 is 0 Å². The highest BCUT2D eigenvalue weighted by Gasteiger charge is 2.17. The number of carbonyl (C=O) groups excluding carboxylic acids is 1. The van der Waals surface area contributed by atoms with Crippen LogP contribution in [0.5, 0.6) is 0 Å². The van der Waals surface area contributed by atoms with E-state index in [2.05, 4.69) is 12.2 Å². The lowest BCUT2D eigenvalue weighted by molar-refractivity contribution is 0.0931. The second-order valence-electron chi connectivity index (χ2n) is 5.06. The average Bonchev–Trinajstić information content (AvgIpc) is 2.44. The first-order valence-corrected chi connectivity index (χ1v) is 7.29. The fraction of sp³-hybridized carbons (Fsp3) is 0.533. The number of hydrogen-bond acceptors (Lipinski definition) is 3. The van der Waals surface area contributed by atoms with Crippen LogP contribution in [0.1, 0.15) is 56.3 Å². The zero-order chi connectivity index (χ0) is 15.8. The predicted molar refractivity (Wildman–Crippen MR) is 79.9 cm³/mol. The molecule has 0 aromatic heterocycles. The van der Waals surface area contributed by atoms with Gasteiger partial charge in [0.15, 0.2) is 11.6 Å². The molecule has 0 heterocycles.